The van der Waals surface area contributed by atoms with Gasteiger partial charge in [0.05, 0.1) is 15.7 Å². The van der Waals surface area contributed by atoms with Crippen molar-refractivity contribution in [2.75, 3.05) is 13.1 Å². The van der Waals surface area contributed by atoms with Crippen molar-refractivity contribution in [3.63, 3.8) is 0 Å². The summed E-state index contributed by atoms with van der Waals surface area (Å²) >= 11 is 4.48. The van der Waals surface area contributed by atoms with Gasteiger partial charge in [-0.3, -0.25) is 4.79 Å². The fraction of sp³-hybridized carbons (Fsp3) is 0.471. The monoisotopic (exact) mass is 460 g/mol. The van der Waals surface area contributed by atoms with Gasteiger partial charge in [0.25, 0.3) is 10.0 Å². The SMILES string of the molecule is Cc1ccc(C(C)NC(=O)C2CCCN(S(=O)(=O)c3ccc(Br)s3)C2)o1. The van der Waals surface area contributed by atoms with Crippen molar-refractivity contribution >= 4 is 43.2 Å². The Labute approximate surface area is 165 Å². The van der Waals surface area contributed by atoms with Gasteiger partial charge in [0.2, 0.25) is 5.91 Å². The Kier molecular flexibility index (Phi) is 5.91. The van der Waals surface area contributed by atoms with Crippen LogP contribution in [0.3, 0.4) is 0 Å². The highest BCUT2D eigenvalue weighted by molar-refractivity contribution is 9.11. The van der Waals surface area contributed by atoms with E-state index in [-0.39, 0.29) is 24.4 Å². The summed E-state index contributed by atoms with van der Waals surface area (Å²) in [5.41, 5.74) is 0. The summed E-state index contributed by atoms with van der Waals surface area (Å²) < 4.78 is 33.6. The number of carbonyl (C=O) groups is 1. The van der Waals surface area contributed by atoms with Gasteiger partial charge in [-0.25, -0.2) is 8.42 Å². The molecule has 2 unspecified atom stereocenters. The van der Waals surface area contributed by atoms with Gasteiger partial charge in [-0.15, -0.1) is 11.3 Å². The lowest BCUT2D eigenvalue weighted by Gasteiger charge is -2.31. The first-order valence-corrected chi connectivity index (χ1v) is 11.4. The molecular formula is C17H21BrN2O4S2. The van der Waals surface area contributed by atoms with E-state index in [9.17, 15) is 13.2 Å². The molecule has 1 N–H and O–H groups in total. The third kappa shape index (κ3) is 4.21. The second-order valence-corrected chi connectivity index (χ2v) is 11.1. The molecule has 1 fully saturated rings. The molecule has 9 heteroatoms. The number of amides is 1. The van der Waals surface area contributed by atoms with E-state index in [1.807, 2.05) is 26.0 Å². The maximum Gasteiger partial charge on any atom is 0.252 e. The average Bonchev–Trinajstić information content (AvgIpc) is 3.24. The number of rotatable bonds is 5. The number of carbonyl (C=O) groups excluding carboxylic acids is 1. The standard InChI is InChI=1S/C17H21BrN2O4S2/c1-11-5-6-14(24-11)12(2)19-17(21)13-4-3-9-20(10-13)26(22,23)16-8-7-15(18)25-16/h5-8,12-13H,3-4,9-10H2,1-2H3,(H,19,21). The number of sulfonamides is 1. The number of aryl methyl sites for hydroxylation is 1. The van der Waals surface area contributed by atoms with E-state index in [1.54, 1.807) is 12.1 Å². The van der Waals surface area contributed by atoms with Crippen LogP contribution < -0.4 is 5.32 Å². The quantitative estimate of drug-likeness (QED) is 0.737. The number of nitrogens with one attached hydrogen (secondary N) is 1. The van der Waals surface area contributed by atoms with E-state index in [1.165, 1.54) is 15.6 Å². The van der Waals surface area contributed by atoms with Crippen LogP contribution in [0.25, 0.3) is 0 Å². The first kappa shape index (κ1) is 19.6. The maximum atomic E-state index is 12.8. The van der Waals surface area contributed by atoms with Gasteiger partial charge in [-0.05, 0) is 66.9 Å². The second kappa shape index (κ2) is 7.84. The van der Waals surface area contributed by atoms with Crippen LogP contribution in [0, 0.1) is 12.8 Å². The van der Waals surface area contributed by atoms with Crippen LogP contribution in [0.5, 0.6) is 0 Å². The molecule has 0 saturated carbocycles. The summed E-state index contributed by atoms with van der Waals surface area (Å²) in [6.07, 6.45) is 1.34. The molecule has 0 spiro atoms. The number of thiophene rings is 1. The largest absolute Gasteiger partial charge is 0.464 e. The van der Waals surface area contributed by atoms with Gasteiger partial charge in [0.1, 0.15) is 15.7 Å². The van der Waals surface area contributed by atoms with Crippen LogP contribution >= 0.6 is 27.3 Å². The lowest BCUT2D eigenvalue weighted by molar-refractivity contribution is -0.126. The smallest absolute Gasteiger partial charge is 0.252 e. The molecule has 1 saturated heterocycles. The van der Waals surface area contributed by atoms with Crippen LogP contribution in [0.4, 0.5) is 0 Å². The van der Waals surface area contributed by atoms with E-state index >= 15 is 0 Å². The summed E-state index contributed by atoms with van der Waals surface area (Å²) in [6.45, 7) is 4.35. The molecule has 1 amide bonds. The molecule has 1 aliphatic rings. The minimum atomic E-state index is -3.56. The normalized spacial score (nSPS) is 20.0. The lowest BCUT2D eigenvalue weighted by atomic mass is 9.98. The highest BCUT2D eigenvalue weighted by Crippen LogP contribution is 2.31. The molecule has 3 heterocycles. The van der Waals surface area contributed by atoms with Crippen molar-refractivity contribution in [3.8, 4) is 0 Å². The Morgan fingerprint density at radius 3 is 2.77 bits per heavy atom. The Balaban J connectivity index is 1.67. The van der Waals surface area contributed by atoms with Gasteiger partial charge in [-0.2, -0.15) is 4.31 Å². The van der Waals surface area contributed by atoms with Gasteiger partial charge in [-0.1, -0.05) is 0 Å². The van der Waals surface area contributed by atoms with Gasteiger partial charge >= 0.3 is 0 Å². The summed E-state index contributed by atoms with van der Waals surface area (Å²) in [5, 5.41) is 2.94. The summed E-state index contributed by atoms with van der Waals surface area (Å²) in [5.74, 6) is 0.983. The zero-order chi connectivity index (χ0) is 18.9. The summed E-state index contributed by atoms with van der Waals surface area (Å²) in [7, 11) is -3.56. The lowest BCUT2D eigenvalue weighted by Crippen LogP contribution is -2.45. The van der Waals surface area contributed by atoms with Crippen LogP contribution in [0.2, 0.25) is 0 Å². The third-order valence-electron chi connectivity index (χ3n) is 4.44. The number of hydrogen-bond donors (Lipinski definition) is 1. The summed E-state index contributed by atoms with van der Waals surface area (Å²) in [4.78, 5) is 12.6. The van der Waals surface area contributed by atoms with Crippen molar-refractivity contribution in [3.05, 3.63) is 39.6 Å². The molecule has 6 nitrogen and oxygen atoms in total. The van der Waals surface area contributed by atoms with E-state index in [2.05, 4.69) is 21.2 Å². The molecule has 2 aromatic heterocycles. The molecule has 1 aliphatic heterocycles. The van der Waals surface area contributed by atoms with Crippen LogP contribution in [0.15, 0.2) is 36.7 Å². The Hall–Kier alpha value is -1.16. The zero-order valence-electron chi connectivity index (χ0n) is 14.6. The molecule has 2 atom stereocenters. The average molecular weight is 461 g/mol. The minimum absolute atomic E-state index is 0.140. The molecule has 0 aromatic carbocycles. The molecule has 142 valence electrons. The Morgan fingerprint density at radius 1 is 1.38 bits per heavy atom. The first-order valence-electron chi connectivity index (χ1n) is 8.39. The fourth-order valence-electron chi connectivity index (χ4n) is 3.03. The molecule has 0 aliphatic carbocycles. The predicted molar refractivity (Wildman–Crippen MR) is 104 cm³/mol. The van der Waals surface area contributed by atoms with Crippen molar-refractivity contribution < 1.29 is 17.6 Å². The number of furan rings is 1. The zero-order valence-corrected chi connectivity index (χ0v) is 17.8. The molecular weight excluding hydrogens is 440 g/mol. The van der Waals surface area contributed by atoms with Gasteiger partial charge in [0.15, 0.2) is 0 Å². The topological polar surface area (TPSA) is 79.6 Å². The highest BCUT2D eigenvalue weighted by Gasteiger charge is 2.34. The summed E-state index contributed by atoms with van der Waals surface area (Å²) in [6, 6.07) is 6.75. The Morgan fingerprint density at radius 2 is 2.15 bits per heavy atom. The molecule has 0 bridgehead atoms. The Bertz CT molecular complexity index is 890. The number of nitrogens with zero attached hydrogens (tertiary/aromatic N) is 1. The van der Waals surface area contributed by atoms with Crippen molar-refractivity contribution in [1.29, 1.82) is 0 Å². The fourth-order valence-corrected chi connectivity index (χ4v) is 6.71. The number of halogens is 1. The van der Waals surface area contributed by atoms with E-state index < -0.39 is 10.0 Å². The van der Waals surface area contributed by atoms with E-state index in [0.717, 1.165) is 9.55 Å². The van der Waals surface area contributed by atoms with Crippen LogP contribution in [-0.2, 0) is 14.8 Å². The van der Waals surface area contributed by atoms with E-state index in [0.29, 0.717) is 29.4 Å². The molecule has 2 aromatic rings. The number of hydrogen-bond acceptors (Lipinski definition) is 5. The van der Waals surface area contributed by atoms with Crippen molar-refractivity contribution in [2.24, 2.45) is 5.92 Å². The predicted octanol–water partition coefficient (Wildman–Crippen LogP) is 3.69. The van der Waals surface area contributed by atoms with Crippen LogP contribution in [0.1, 0.15) is 37.3 Å². The van der Waals surface area contributed by atoms with Crippen molar-refractivity contribution in [2.45, 2.75) is 36.9 Å². The molecule has 3 rings (SSSR count). The van der Waals surface area contributed by atoms with Crippen LogP contribution in [-0.4, -0.2) is 31.7 Å². The third-order valence-corrected chi connectivity index (χ3v) is 8.40. The minimum Gasteiger partial charge on any atom is -0.464 e. The van der Waals surface area contributed by atoms with Gasteiger partial charge in [0, 0.05) is 13.1 Å². The maximum absolute atomic E-state index is 12.8. The first-order chi connectivity index (χ1) is 12.3. The van der Waals surface area contributed by atoms with Gasteiger partial charge < -0.3 is 9.73 Å². The molecule has 0 radical (unpaired) electrons. The number of piperidine rings is 1. The van der Waals surface area contributed by atoms with E-state index in [4.69, 9.17) is 4.42 Å². The highest BCUT2D eigenvalue weighted by atomic mass is 79.9. The van der Waals surface area contributed by atoms with Crippen molar-refractivity contribution in [1.82, 2.24) is 9.62 Å². The molecule has 26 heavy (non-hydrogen) atoms. The second-order valence-electron chi connectivity index (χ2n) is 6.44.